The molecule has 1 rings (SSSR count). The van der Waals surface area contributed by atoms with E-state index in [1.165, 1.54) is 0 Å². The van der Waals surface area contributed by atoms with E-state index in [2.05, 4.69) is 26.6 Å². The lowest BCUT2D eigenvalue weighted by atomic mass is 10.2. The fourth-order valence-corrected chi connectivity index (χ4v) is 1.66. The Bertz CT molecular complexity index is 357. The maximum Gasteiger partial charge on any atom is 0.233 e. The first-order valence-corrected chi connectivity index (χ1v) is 5.66. The normalized spacial score (nSPS) is 10.1. The largest absolute Gasteiger partial charge is 0.358 e. The summed E-state index contributed by atoms with van der Waals surface area (Å²) in [6.45, 7) is 0.907. The van der Waals surface area contributed by atoms with Gasteiger partial charge >= 0.3 is 0 Å². The number of nitrogens with one attached hydrogen (secondary N) is 2. The van der Waals surface area contributed by atoms with Crippen LogP contribution in [0.2, 0.25) is 5.02 Å². The molecule has 0 saturated heterocycles. The molecule has 0 aliphatic heterocycles. The summed E-state index contributed by atoms with van der Waals surface area (Å²) in [6, 6.07) is 5.57. The van der Waals surface area contributed by atoms with Crippen molar-refractivity contribution in [3.05, 3.63) is 33.3 Å². The summed E-state index contributed by atoms with van der Waals surface area (Å²) >= 11 is 9.27. The van der Waals surface area contributed by atoms with Crippen molar-refractivity contribution in [2.45, 2.75) is 6.54 Å². The zero-order valence-corrected chi connectivity index (χ0v) is 10.7. The van der Waals surface area contributed by atoms with E-state index in [4.69, 9.17) is 11.6 Å². The lowest BCUT2D eigenvalue weighted by Crippen LogP contribution is -2.31. The van der Waals surface area contributed by atoms with E-state index in [1.54, 1.807) is 7.05 Å². The molecule has 0 aromatic heterocycles. The molecule has 0 aliphatic rings. The van der Waals surface area contributed by atoms with Gasteiger partial charge in [-0.1, -0.05) is 27.5 Å². The third-order valence-electron chi connectivity index (χ3n) is 1.89. The molecule has 0 atom stereocenters. The molecular weight excluding hydrogens is 279 g/mol. The second kappa shape index (κ2) is 6.10. The van der Waals surface area contributed by atoms with E-state index in [9.17, 15) is 4.79 Å². The Morgan fingerprint density at radius 2 is 2.27 bits per heavy atom. The van der Waals surface area contributed by atoms with Gasteiger partial charge in [0.15, 0.2) is 0 Å². The van der Waals surface area contributed by atoms with Gasteiger partial charge in [0, 0.05) is 23.1 Å². The van der Waals surface area contributed by atoms with Crippen molar-refractivity contribution >= 4 is 33.4 Å². The highest BCUT2D eigenvalue weighted by Crippen LogP contribution is 2.20. The molecule has 0 radical (unpaired) electrons. The van der Waals surface area contributed by atoms with Crippen LogP contribution >= 0.6 is 27.5 Å². The molecule has 1 aromatic rings. The van der Waals surface area contributed by atoms with Crippen LogP contribution in [-0.2, 0) is 11.3 Å². The summed E-state index contributed by atoms with van der Waals surface area (Å²) in [7, 11) is 1.61. The van der Waals surface area contributed by atoms with Crippen LogP contribution in [0.1, 0.15) is 5.56 Å². The Morgan fingerprint density at radius 3 is 2.93 bits per heavy atom. The van der Waals surface area contributed by atoms with Crippen LogP contribution in [0, 0.1) is 0 Å². The third kappa shape index (κ3) is 4.20. The smallest absolute Gasteiger partial charge is 0.233 e. The average Bonchev–Trinajstić information content (AvgIpc) is 2.23. The minimum absolute atomic E-state index is 0.0341. The molecule has 1 aromatic carbocycles. The molecule has 82 valence electrons. The van der Waals surface area contributed by atoms with Crippen molar-refractivity contribution in [3.63, 3.8) is 0 Å². The SMILES string of the molecule is CNC(=O)CNCc1cc(Cl)ccc1Br. The minimum Gasteiger partial charge on any atom is -0.358 e. The molecule has 0 fully saturated rings. The molecule has 0 saturated carbocycles. The van der Waals surface area contributed by atoms with Gasteiger partial charge in [-0.3, -0.25) is 4.79 Å². The zero-order chi connectivity index (χ0) is 11.3. The van der Waals surface area contributed by atoms with E-state index in [0.717, 1.165) is 10.0 Å². The Morgan fingerprint density at radius 1 is 1.53 bits per heavy atom. The summed E-state index contributed by atoms with van der Waals surface area (Å²) < 4.78 is 0.983. The first kappa shape index (κ1) is 12.5. The summed E-state index contributed by atoms with van der Waals surface area (Å²) in [4.78, 5) is 10.9. The highest BCUT2D eigenvalue weighted by atomic mass is 79.9. The molecule has 0 unspecified atom stereocenters. The van der Waals surface area contributed by atoms with Crippen molar-refractivity contribution in [1.82, 2.24) is 10.6 Å². The third-order valence-corrected chi connectivity index (χ3v) is 2.90. The molecular formula is C10H12BrClN2O. The summed E-state index contributed by atoms with van der Waals surface area (Å²) in [5, 5.41) is 6.25. The van der Waals surface area contributed by atoms with Crippen LogP contribution < -0.4 is 10.6 Å². The lowest BCUT2D eigenvalue weighted by molar-refractivity contribution is -0.119. The van der Waals surface area contributed by atoms with Crippen molar-refractivity contribution in [2.75, 3.05) is 13.6 Å². The van der Waals surface area contributed by atoms with Crippen molar-refractivity contribution in [3.8, 4) is 0 Å². The average molecular weight is 292 g/mol. The number of amides is 1. The number of carbonyl (C=O) groups is 1. The van der Waals surface area contributed by atoms with Gasteiger partial charge in [-0.25, -0.2) is 0 Å². The Labute approximate surface area is 102 Å². The fourth-order valence-electron chi connectivity index (χ4n) is 1.08. The molecule has 3 nitrogen and oxygen atoms in total. The van der Waals surface area contributed by atoms with Crippen molar-refractivity contribution in [1.29, 1.82) is 0 Å². The van der Waals surface area contributed by atoms with Crippen LogP contribution in [0.25, 0.3) is 0 Å². The Hall–Kier alpha value is -0.580. The Balaban J connectivity index is 2.50. The number of hydrogen-bond donors (Lipinski definition) is 2. The number of halogens is 2. The second-order valence-corrected chi connectivity index (χ2v) is 4.30. The van der Waals surface area contributed by atoms with Gasteiger partial charge in [-0.15, -0.1) is 0 Å². The van der Waals surface area contributed by atoms with Gasteiger partial charge in [0.2, 0.25) is 5.91 Å². The number of rotatable bonds is 4. The van der Waals surface area contributed by atoms with Gasteiger partial charge < -0.3 is 10.6 Å². The first-order valence-electron chi connectivity index (χ1n) is 4.48. The van der Waals surface area contributed by atoms with Crippen molar-refractivity contribution in [2.24, 2.45) is 0 Å². The number of hydrogen-bond acceptors (Lipinski definition) is 2. The summed E-state index contributed by atoms with van der Waals surface area (Å²) in [5.74, 6) is -0.0341. The molecule has 5 heteroatoms. The van der Waals surface area contributed by atoms with E-state index < -0.39 is 0 Å². The number of carbonyl (C=O) groups excluding carboxylic acids is 1. The second-order valence-electron chi connectivity index (χ2n) is 3.01. The quantitative estimate of drug-likeness (QED) is 0.890. The van der Waals surface area contributed by atoms with Gasteiger partial charge in [0.05, 0.1) is 6.54 Å². The highest BCUT2D eigenvalue weighted by molar-refractivity contribution is 9.10. The number of benzene rings is 1. The molecule has 15 heavy (non-hydrogen) atoms. The fraction of sp³-hybridized carbons (Fsp3) is 0.300. The first-order chi connectivity index (χ1) is 7.13. The van der Waals surface area contributed by atoms with E-state index in [1.807, 2.05) is 18.2 Å². The maximum atomic E-state index is 10.9. The molecule has 0 heterocycles. The van der Waals surface area contributed by atoms with Gasteiger partial charge in [-0.05, 0) is 23.8 Å². The molecule has 0 spiro atoms. The van der Waals surface area contributed by atoms with E-state index in [-0.39, 0.29) is 5.91 Å². The van der Waals surface area contributed by atoms with Crippen LogP contribution in [0.3, 0.4) is 0 Å². The van der Waals surface area contributed by atoms with Crippen LogP contribution in [-0.4, -0.2) is 19.5 Å². The molecule has 2 N–H and O–H groups in total. The minimum atomic E-state index is -0.0341. The topological polar surface area (TPSA) is 41.1 Å². The standard InChI is InChI=1S/C10H12BrClN2O/c1-13-10(15)6-14-5-7-4-8(12)2-3-9(7)11/h2-4,14H,5-6H2,1H3,(H,13,15). The lowest BCUT2D eigenvalue weighted by Gasteiger charge is -2.06. The number of likely N-dealkylation sites (N-methyl/N-ethyl adjacent to an activating group) is 1. The Kier molecular flexibility index (Phi) is 5.08. The molecule has 0 aliphatic carbocycles. The van der Waals surface area contributed by atoms with Crippen LogP contribution in [0.5, 0.6) is 0 Å². The van der Waals surface area contributed by atoms with Crippen molar-refractivity contribution < 1.29 is 4.79 Å². The monoisotopic (exact) mass is 290 g/mol. The molecule has 0 bridgehead atoms. The zero-order valence-electron chi connectivity index (χ0n) is 8.31. The van der Waals surface area contributed by atoms with Gasteiger partial charge in [0.25, 0.3) is 0 Å². The van der Waals surface area contributed by atoms with E-state index in [0.29, 0.717) is 18.1 Å². The van der Waals surface area contributed by atoms with Crippen LogP contribution in [0.4, 0.5) is 0 Å². The van der Waals surface area contributed by atoms with Gasteiger partial charge in [0.1, 0.15) is 0 Å². The predicted molar refractivity (Wildman–Crippen MR) is 64.9 cm³/mol. The molecule has 1 amide bonds. The predicted octanol–water partition coefficient (Wildman–Crippen LogP) is 1.94. The van der Waals surface area contributed by atoms with Crippen LogP contribution in [0.15, 0.2) is 22.7 Å². The van der Waals surface area contributed by atoms with Gasteiger partial charge in [-0.2, -0.15) is 0 Å². The summed E-state index contributed by atoms with van der Waals surface area (Å²) in [6.07, 6.45) is 0. The summed E-state index contributed by atoms with van der Waals surface area (Å²) in [5.41, 5.74) is 1.03. The highest BCUT2D eigenvalue weighted by Gasteiger charge is 2.02. The van der Waals surface area contributed by atoms with E-state index >= 15 is 0 Å². The maximum absolute atomic E-state index is 10.9.